The first kappa shape index (κ1) is 10.8. The summed E-state index contributed by atoms with van der Waals surface area (Å²) in [6.45, 7) is 2.94. The van der Waals surface area contributed by atoms with Crippen molar-refractivity contribution in [1.82, 2.24) is 0 Å². The van der Waals surface area contributed by atoms with Crippen LogP contribution in [0.2, 0.25) is 0 Å². The van der Waals surface area contributed by atoms with Crippen LogP contribution in [0, 0.1) is 5.41 Å². The van der Waals surface area contributed by atoms with Crippen LogP contribution in [0.25, 0.3) is 0 Å². The van der Waals surface area contributed by atoms with E-state index in [9.17, 15) is 0 Å². The van der Waals surface area contributed by atoms with E-state index in [2.05, 4.69) is 29.3 Å². The maximum absolute atomic E-state index is 7.32. The molecule has 0 aromatic carbocycles. The predicted molar refractivity (Wildman–Crippen MR) is 57.7 cm³/mol. The van der Waals surface area contributed by atoms with E-state index >= 15 is 0 Å². The Morgan fingerprint density at radius 1 is 1.60 bits per heavy atom. The molecule has 0 saturated heterocycles. The molecule has 0 aliphatic heterocycles. The lowest BCUT2D eigenvalue weighted by Crippen LogP contribution is -1.99. The lowest BCUT2D eigenvalue weighted by Gasteiger charge is -2.06. The van der Waals surface area contributed by atoms with Crippen molar-refractivity contribution >= 4 is 34.0 Å². The van der Waals surface area contributed by atoms with E-state index in [0.29, 0.717) is 0 Å². The van der Waals surface area contributed by atoms with Crippen molar-refractivity contribution in [3.05, 3.63) is 0 Å². The van der Waals surface area contributed by atoms with E-state index in [1.54, 1.807) is 0 Å². The highest BCUT2D eigenvalue weighted by Gasteiger charge is 2.02. The van der Waals surface area contributed by atoms with Gasteiger partial charge in [-0.25, -0.2) is 0 Å². The molecule has 60 valence electrons. The summed E-state index contributed by atoms with van der Waals surface area (Å²) in [6.07, 6.45) is 3.47. The molecule has 4 heteroatoms. The average molecular weight is 272 g/mol. The number of unbranched alkanes of at least 4 members (excludes halogenated alkanes) is 1. The molecule has 0 saturated carbocycles. The van der Waals surface area contributed by atoms with Gasteiger partial charge in [-0.3, -0.25) is 5.41 Å². The van der Waals surface area contributed by atoms with Crippen LogP contribution in [0.4, 0.5) is 0 Å². The Morgan fingerprint density at radius 2 is 2.20 bits per heavy atom. The largest absolute Gasteiger partial charge is 0.330 e. The van der Waals surface area contributed by atoms with Gasteiger partial charge < -0.3 is 5.73 Å². The third-order valence-electron chi connectivity index (χ3n) is 1.28. The van der Waals surface area contributed by atoms with Crippen LogP contribution in [0.5, 0.6) is 0 Å². The highest BCUT2D eigenvalue weighted by atomic mass is 127. The van der Waals surface area contributed by atoms with Gasteiger partial charge in [0.05, 0.1) is 3.46 Å². The molecule has 10 heavy (non-hydrogen) atoms. The Kier molecular flexibility index (Phi) is 7.01. The van der Waals surface area contributed by atoms with Crippen LogP contribution >= 0.6 is 30.5 Å². The summed E-state index contributed by atoms with van der Waals surface area (Å²) in [6, 6.07) is 0. The molecule has 1 atom stereocenters. The lowest BCUT2D eigenvalue weighted by atomic mass is 10.3. The Bertz CT molecular complexity index is 108. The Balaban J connectivity index is 3.21. The van der Waals surface area contributed by atoms with Crippen molar-refractivity contribution in [2.45, 2.75) is 12.8 Å². The van der Waals surface area contributed by atoms with Crippen LogP contribution in [0.15, 0.2) is 0 Å². The molecular weight excluding hydrogens is 258 g/mol. The van der Waals surface area contributed by atoms with Gasteiger partial charge in [-0.15, -0.1) is 0 Å². The van der Waals surface area contributed by atoms with Crippen LogP contribution in [-0.4, -0.2) is 22.8 Å². The van der Waals surface area contributed by atoms with Gasteiger partial charge in [0, 0.05) is 0 Å². The van der Waals surface area contributed by atoms with E-state index in [4.69, 9.17) is 11.1 Å². The third-order valence-corrected chi connectivity index (χ3v) is 5.41. The molecule has 0 spiro atoms. The van der Waals surface area contributed by atoms with Crippen molar-refractivity contribution < 1.29 is 0 Å². The fourth-order valence-corrected chi connectivity index (χ4v) is 2.21. The summed E-state index contributed by atoms with van der Waals surface area (Å²) in [4.78, 5) is 0. The summed E-state index contributed by atoms with van der Waals surface area (Å²) < 4.78 is 0.824. The first-order valence-corrected chi connectivity index (χ1v) is 6.39. The zero-order chi connectivity index (χ0) is 7.98. The molecular formula is C6H14IN2P. The zero-order valence-corrected chi connectivity index (χ0v) is 9.28. The molecule has 0 rings (SSSR count). The van der Waals surface area contributed by atoms with E-state index < -0.39 is 0 Å². The van der Waals surface area contributed by atoms with Gasteiger partial charge in [0.1, 0.15) is 0 Å². The molecule has 1 unspecified atom stereocenters. The zero-order valence-electron chi connectivity index (χ0n) is 6.23. The Labute approximate surface area is 77.4 Å². The van der Waals surface area contributed by atoms with Crippen LogP contribution < -0.4 is 5.73 Å². The highest BCUT2D eigenvalue weighted by molar-refractivity contribution is 14.1. The van der Waals surface area contributed by atoms with Gasteiger partial charge in [0.15, 0.2) is 0 Å². The van der Waals surface area contributed by atoms with Crippen molar-refractivity contribution in [3.8, 4) is 0 Å². The first-order valence-electron chi connectivity index (χ1n) is 3.33. The maximum Gasteiger partial charge on any atom is 0.0913 e. The van der Waals surface area contributed by atoms with Gasteiger partial charge in [-0.1, -0.05) is 7.92 Å². The van der Waals surface area contributed by atoms with Gasteiger partial charge in [0.25, 0.3) is 0 Å². The normalized spacial score (nSPS) is 13.1. The number of halogens is 1. The molecule has 3 N–H and O–H groups in total. The lowest BCUT2D eigenvalue weighted by molar-refractivity contribution is 0.813. The summed E-state index contributed by atoms with van der Waals surface area (Å²) in [7, 11) is -0.137. The quantitative estimate of drug-likeness (QED) is 0.343. The van der Waals surface area contributed by atoms with Gasteiger partial charge >= 0.3 is 0 Å². The van der Waals surface area contributed by atoms with Crippen LogP contribution in [0.3, 0.4) is 0 Å². The molecule has 0 aliphatic rings. The van der Waals surface area contributed by atoms with Gasteiger partial charge in [-0.2, -0.15) is 0 Å². The smallest absolute Gasteiger partial charge is 0.0913 e. The second-order valence-corrected chi connectivity index (χ2v) is 6.43. The standard InChI is InChI=1S/C6H14IN2P/c1-10(6(7)9)5-3-2-4-8/h9H,2-5,8H2,1H3. The second-order valence-electron chi connectivity index (χ2n) is 2.21. The molecule has 0 aromatic heterocycles. The van der Waals surface area contributed by atoms with E-state index in [1.807, 2.05) is 0 Å². The SMILES string of the molecule is CP(CCCCN)C(=N)I. The summed E-state index contributed by atoms with van der Waals surface area (Å²) in [5.41, 5.74) is 5.34. The minimum absolute atomic E-state index is 0.137. The molecule has 2 nitrogen and oxygen atoms in total. The molecule has 0 aromatic rings. The first-order chi connectivity index (χ1) is 4.68. The van der Waals surface area contributed by atoms with Gasteiger partial charge in [-0.05, 0) is 54.8 Å². The maximum atomic E-state index is 7.32. The topological polar surface area (TPSA) is 49.9 Å². The fourth-order valence-electron chi connectivity index (χ4n) is 0.591. The number of nitrogens with two attached hydrogens (primary N) is 1. The summed E-state index contributed by atoms with van der Waals surface area (Å²) >= 11 is 2.10. The molecule has 0 amide bonds. The van der Waals surface area contributed by atoms with Gasteiger partial charge in [0.2, 0.25) is 0 Å². The van der Waals surface area contributed by atoms with E-state index in [0.717, 1.165) is 16.4 Å². The van der Waals surface area contributed by atoms with Crippen molar-refractivity contribution in [2.75, 3.05) is 19.4 Å². The minimum Gasteiger partial charge on any atom is -0.330 e. The number of rotatable bonds is 5. The van der Waals surface area contributed by atoms with Crippen molar-refractivity contribution in [1.29, 1.82) is 5.41 Å². The Hall–Kier alpha value is 0.790. The Morgan fingerprint density at radius 3 is 2.60 bits per heavy atom. The molecule has 0 radical (unpaired) electrons. The van der Waals surface area contributed by atoms with E-state index in [-0.39, 0.29) is 7.92 Å². The second kappa shape index (κ2) is 6.50. The van der Waals surface area contributed by atoms with Crippen molar-refractivity contribution in [2.24, 2.45) is 5.73 Å². The molecule has 0 bridgehead atoms. The monoisotopic (exact) mass is 272 g/mol. The summed E-state index contributed by atoms with van der Waals surface area (Å²) in [5, 5.41) is 7.32. The third kappa shape index (κ3) is 5.57. The van der Waals surface area contributed by atoms with E-state index in [1.165, 1.54) is 12.6 Å². The minimum atomic E-state index is -0.137. The summed E-state index contributed by atoms with van der Waals surface area (Å²) in [5.74, 6) is 0. The number of hydrogen-bond donors (Lipinski definition) is 2. The fraction of sp³-hybridized carbons (Fsp3) is 0.833. The molecule has 0 heterocycles. The molecule has 0 fully saturated rings. The average Bonchev–Trinajstić information content (AvgIpc) is 1.88. The van der Waals surface area contributed by atoms with Crippen LogP contribution in [-0.2, 0) is 0 Å². The number of hydrogen-bond acceptors (Lipinski definition) is 2. The number of nitrogens with one attached hydrogen (secondary N) is 1. The van der Waals surface area contributed by atoms with Crippen molar-refractivity contribution in [3.63, 3.8) is 0 Å². The predicted octanol–water partition coefficient (Wildman–Crippen LogP) is 2.21. The van der Waals surface area contributed by atoms with Crippen LogP contribution in [0.1, 0.15) is 12.8 Å². The highest BCUT2D eigenvalue weighted by Crippen LogP contribution is 2.35. The molecule has 0 aliphatic carbocycles.